The first-order valence-electron chi connectivity index (χ1n) is 8.33. The number of carbonyl (C=O) groups is 1. The summed E-state index contributed by atoms with van der Waals surface area (Å²) < 4.78 is 5.22. The molecule has 0 saturated heterocycles. The smallest absolute Gasteiger partial charge is 0.327 e. The number of ether oxygens (including phenoxy) is 1. The zero-order valence-electron chi connectivity index (χ0n) is 15.2. The van der Waals surface area contributed by atoms with E-state index in [1.165, 1.54) is 0 Å². The van der Waals surface area contributed by atoms with Crippen LogP contribution in [-0.4, -0.2) is 49.7 Å². The van der Waals surface area contributed by atoms with Crippen LogP contribution in [0.5, 0.6) is 0 Å². The molecule has 0 bridgehead atoms. The number of nitrogens with zero attached hydrogens (tertiary/aromatic N) is 1. The topological polar surface area (TPSA) is 41.6 Å². The lowest BCUT2D eigenvalue weighted by atomic mass is 10.0. The molecule has 0 aliphatic heterocycles. The molecule has 0 aliphatic rings. The van der Waals surface area contributed by atoms with Crippen molar-refractivity contribution in [2.75, 3.05) is 33.3 Å². The predicted octanol–water partition coefficient (Wildman–Crippen LogP) is 2.92. The summed E-state index contributed by atoms with van der Waals surface area (Å²) >= 11 is 0. The van der Waals surface area contributed by atoms with E-state index in [9.17, 15) is 4.79 Å². The first-order valence-corrected chi connectivity index (χ1v) is 8.33. The van der Waals surface area contributed by atoms with E-state index < -0.39 is 5.54 Å². The van der Waals surface area contributed by atoms with Gasteiger partial charge in [-0.3, -0.25) is 4.79 Å². The van der Waals surface area contributed by atoms with Crippen LogP contribution in [0.1, 0.15) is 54.4 Å². The number of rotatable bonds is 11. The van der Waals surface area contributed by atoms with Crippen LogP contribution in [0.15, 0.2) is 0 Å². The number of nitrogens with one attached hydrogen (secondary N) is 1. The van der Waals surface area contributed by atoms with E-state index in [-0.39, 0.29) is 5.97 Å². The number of carbonyl (C=O) groups excluding carboxylic acids is 1. The number of hydrogen-bond donors (Lipinski definition) is 1. The lowest BCUT2D eigenvalue weighted by molar-refractivity contribution is -0.151. The Morgan fingerprint density at radius 2 is 1.62 bits per heavy atom. The molecular weight excluding hydrogens is 264 g/mol. The maximum atomic E-state index is 12.2. The van der Waals surface area contributed by atoms with Gasteiger partial charge in [0.15, 0.2) is 0 Å². The number of esters is 1. The number of hydrogen-bond acceptors (Lipinski definition) is 4. The Morgan fingerprint density at radius 1 is 1.14 bits per heavy atom. The normalized spacial score (nSPS) is 14.8. The fourth-order valence-electron chi connectivity index (χ4n) is 2.13. The molecule has 0 aliphatic carbocycles. The molecule has 1 unspecified atom stereocenters. The van der Waals surface area contributed by atoms with Gasteiger partial charge in [0.1, 0.15) is 5.54 Å². The summed E-state index contributed by atoms with van der Waals surface area (Å²) in [5.74, 6) is 1.19. The van der Waals surface area contributed by atoms with Gasteiger partial charge in [0.25, 0.3) is 0 Å². The average Bonchev–Trinajstić information content (AvgIpc) is 2.41. The summed E-state index contributed by atoms with van der Waals surface area (Å²) in [6, 6.07) is 0. The molecule has 0 aromatic heterocycles. The van der Waals surface area contributed by atoms with Crippen LogP contribution in [0.2, 0.25) is 0 Å². The Kier molecular flexibility index (Phi) is 9.88. The van der Waals surface area contributed by atoms with Gasteiger partial charge in [-0.15, -0.1) is 0 Å². The SMILES string of the molecule is CCOC(=O)C(C)(CN(CCC(C)C)CCC(C)C)NC. The summed E-state index contributed by atoms with van der Waals surface area (Å²) in [5, 5.41) is 3.15. The molecule has 4 nitrogen and oxygen atoms in total. The van der Waals surface area contributed by atoms with Crippen molar-refractivity contribution in [1.82, 2.24) is 10.2 Å². The van der Waals surface area contributed by atoms with Crippen LogP contribution in [0.4, 0.5) is 0 Å². The summed E-state index contributed by atoms with van der Waals surface area (Å²) in [7, 11) is 1.83. The van der Waals surface area contributed by atoms with Crippen LogP contribution in [0, 0.1) is 11.8 Å². The number of likely N-dealkylation sites (N-methyl/N-ethyl adjacent to an activating group) is 1. The molecule has 0 heterocycles. The lowest BCUT2D eigenvalue weighted by Crippen LogP contribution is -2.56. The van der Waals surface area contributed by atoms with Gasteiger partial charge in [-0.1, -0.05) is 27.7 Å². The van der Waals surface area contributed by atoms with Gasteiger partial charge >= 0.3 is 5.97 Å². The first kappa shape index (κ1) is 20.4. The van der Waals surface area contributed by atoms with Crippen LogP contribution >= 0.6 is 0 Å². The summed E-state index contributed by atoms with van der Waals surface area (Å²) in [6.45, 7) is 15.9. The summed E-state index contributed by atoms with van der Waals surface area (Å²) in [4.78, 5) is 14.6. The van der Waals surface area contributed by atoms with Crippen LogP contribution in [0.3, 0.4) is 0 Å². The van der Waals surface area contributed by atoms with Crippen molar-refractivity contribution in [3.05, 3.63) is 0 Å². The molecule has 0 radical (unpaired) electrons. The highest BCUT2D eigenvalue weighted by atomic mass is 16.5. The van der Waals surface area contributed by atoms with Gasteiger partial charge in [-0.25, -0.2) is 0 Å². The molecule has 0 rings (SSSR count). The molecule has 1 N–H and O–H groups in total. The third-order valence-electron chi connectivity index (χ3n) is 3.86. The Balaban J connectivity index is 4.74. The van der Waals surface area contributed by atoms with Gasteiger partial charge in [0.2, 0.25) is 0 Å². The molecule has 4 heteroatoms. The second-order valence-corrected chi connectivity index (χ2v) is 6.94. The van der Waals surface area contributed by atoms with E-state index in [1.807, 2.05) is 20.9 Å². The molecule has 21 heavy (non-hydrogen) atoms. The van der Waals surface area contributed by atoms with Crippen molar-refractivity contribution in [1.29, 1.82) is 0 Å². The highest BCUT2D eigenvalue weighted by Gasteiger charge is 2.34. The van der Waals surface area contributed by atoms with E-state index in [0.717, 1.165) is 25.9 Å². The second-order valence-electron chi connectivity index (χ2n) is 6.94. The quantitative estimate of drug-likeness (QED) is 0.596. The highest BCUT2D eigenvalue weighted by Crippen LogP contribution is 2.13. The van der Waals surface area contributed by atoms with Gasteiger partial charge < -0.3 is 15.0 Å². The van der Waals surface area contributed by atoms with Crippen molar-refractivity contribution < 1.29 is 9.53 Å². The molecular formula is C17H36N2O2. The Labute approximate surface area is 131 Å². The van der Waals surface area contributed by atoms with E-state index in [0.29, 0.717) is 25.0 Å². The molecule has 0 aromatic carbocycles. The van der Waals surface area contributed by atoms with Gasteiger partial charge in [0, 0.05) is 6.54 Å². The fraction of sp³-hybridized carbons (Fsp3) is 0.941. The second kappa shape index (κ2) is 10.2. The Bertz CT molecular complexity index is 281. The minimum Gasteiger partial charge on any atom is -0.465 e. The van der Waals surface area contributed by atoms with Crippen molar-refractivity contribution in [2.45, 2.75) is 59.9 Å². The predicted molar refractivity (Wildman–Crippen MR) is 89.4 cm³/mol. The van der Waals surface area contributed by atoms with E-state index in [4.69, 9.17) is 4.74 Å². The third-order valence-corrected chi connectivity index (χ3v) is 3.86. The molecule has 1 atom stereocenters. The molecule has 0 saturated carbocycles. The molecule has 0 spiro atoms. The standard InChI is InChI=1S/C17H36N2O2/c1-8-21-16(20)17(6,18-7)13-19(11-9-14(2)3)12-10-15(4)5/h14-15,18H,8-13H2,1-7H3. The van der Waals surface area contributed by atoms with Crippen LogP contribution < -0.4 is 5.32 Å². The summed E-state index contributed by atoms with van der Waals surface area (Å²) in [6.07, 6.45) is 2.31. The molecule has 0 aromatic rings. The lowest BCUT2D eigenvalue weighted by Gasteiger charge is -2.34. The van der Waals surface area contributed by atoms with Crippen LogP contribution in [0.25, 0.3) is 0 Å². The maximum Gasteiger partial charge on any atom is 0.327 e. The van der Waals surface area contributed by atoms with Gasteiger partial charge in [0.05, 0.1) is 6.61 Å². The maximum absolute atomic E-state index is 12.2. The molecule has 126 valence electrons. The van der Waals surface area contributed by atoms with E-state index in [1.54, 1.807) is 0 Å². The zero-order chi connectivity index (χ0) is 16.5. The zero-order valence-corrected chi connectivity index (χ0v) is 15.2. The monoisotopic (exact) mass is 300 g/mol. The third kappa shape index (κ3) is 8.42. The fourth-order valence-corrected chi connectivity index (χ4v) is 2.13. The molecule has 0 fully saturated rings. The molecule has 0 amide bonds. The van der Waals surface area contributed by atoms with Crippen LogP contribution in [-0.2, 0) is 9.53 Å². The first-order chi connectivity index (χ1) is 9.75. The van der Waals surface area contributed by atoms with Gasteiger partial charge in [-0.05, 0) is 58.7 Å². The summed E-state index contributed by atoms with van der Waals surface area (Å²) in [5.41, 5.74) is -0.635. The van der Waals surface area contributed by atoms with Crippen molar-refractivity contribution >= 4 is 5.97 Å². The minimum absolute atomic E-state index is 0.161. The van der Waals surface area contributed by atoms with Crippen molar-refractivity contribution in [3.8, 4) is 0 Å². The average molecular weight is 300 g/mol. The highest BCUT2D eigenvalue weighted by molar-refractivity contribution is 5.80. The van der Waals surface area contributed by atoms with E-state index >= 15 is 0 Å². The Hall–Kier alpha value is -0.610. The van der Waals surface area contributed by atoms with Crippen molar-refractivity contribution in [2.24, 2.45) is 11.8 Å². The largest absolute Gasteiger partial charge is 0.465 e. The minimum atomic E-state index is -0.635. The Morgan fingerprint density at radius 3 is 1.95 bits per heavy atom. The van der Waals surface area contributed by atoms with E-state index in [2.05, 4.69) is 37.9 Å². The van der Waals surface area contributed by atoms with Crippen molar-refractivity contribution in [3.63, 3.8) is 0 Å². The van der Waals surface area contributed by atoms with Gasteiger partial charge in [-0.2, -0.15) is 0 Å².